The molecule has 3 heteroatoms. The van der Waals surface area contributed by atoms with Gasteiger partial charge in [-0.15, -0.1) is 0 Å². The van der Waals surface area contributed by atoms with Crippen LogP contribution >= 0.6 is 11.6 Å². The Labute approximate surface area is 135 Å². The van der Waals surface area contributed by atoms with Gasteiger partial charge in [0.05, 0.1) is 12.7 Å². The molecule has 0 spiro atoms. The lowest BCUT2D eigenvalue weighted by Gasteiger charge is -2.07. The molecule has 0 amide bonds. The highest BCUT2D eigenvalue weighted by Gasteiger charge is 2.11. The zero-order valence-electron chi connectivity index (χ0n) is 12.4. The lowest BCUT2D eigenvalue weighted by atomic mass is 10.1. The fourth-order valence-electron chi connectivity index (χ4n) is 2.49. The number of ether oxygens (including phenoxy) is 1. The molecular formula is C19H17ClNO+. The van der Waals surface area contributed by atoms with Crippen LogP contribution in [0.1, 0.15) is 5.56 Å². The first-order valence-corrected chi connectivity index (χ1v) is 7.51. The highest BCUT2D eigenvalue weighted by atomic mass is 35.5. The highest BCUT2D eigenvalue weighted by molar-refractivity contribution is 6.30. The van der Waals surface area contributed by atoms with Crippen LogP contribution < -0.4 is 9.30 Å². The largest absolute Gasteiger partial charge is 0.496 e. The molecule has 2 nitrogen and oxygen atoms in total. The third-order valence-corrected chi connectivity index (χ3v) is 3.80. The maximum atomic E-state index is 6.10. The van der Waals surface area contributed by atoms with Crippen molar-refractivity contribution >= 4 is 11.6 Å². The lowest BCUT2D eigenvalue weighted by molar-refractivity contribution is -0.687. The molecule has 3 aromatic rings. The van der Waals surface area contributed by atoms with Gasteiger partial charge in [-0.2, -0.15) is 0 Å². The molecule has 0 saturated carbocycles. The number of methoxy groups -OCH3 is 1. The highest BCUT2D eigenvalue weighted by Crippen LogP contribution is 2.22. The lowest BCUT2D eigenvalue weighted by Crippen LogP contribution is -2.33. The van der Waals surface area contributed by atoms with E-state index in [-0.39, 0.29) is 0 Å². The van der Waals surface area contributed by atoms with E-state index in [2.05, 4.69) is 35.0 Å². The summed E-state index contributed by atoms with van der Waals surface area (Å²) in [6.45, 7) is 0.713. The summed E-state index contributed by atoms with van der Waals surface area (Å²) in [4.78, 5) is 0. The van der Waals surface area contributed by atoms with Crippen molar-refractivity contribution < 1.29 is 9.30 Å². The van der Waals surface area contributed by atoms with E-state index in [1.54, 1.807) is 7.11 Å². The topological polar surface area (TPSA) is 13.1 Å². The fourth-order valence-corrected chi connectivity index (χ4v) is 2.68. The van der Waals surface area contributed by atoms with E-state index in [0.29, 0.717) is 6.54 Å². The molecule has 2 aromatic carbocycles. The molecule has 0 N–H and O–H groups in total. The number of pyridine rings is 1. The molecule has 0 aliphatic carbocycles. The van der Waals surface area contributed by atoms with E-state index < -0.39 is 0 Å². The van der Waals surface area contributed by atoms with Gasteiger partial charge in [-0.1, -0.05) is 41.9 Å². The van der Waals surface area contributed by atoms with Crippen LogP contribution in [0.4, 0.5) is 0 Å². The maximum Gasteiger partial charge on any atom is 0.177 e. The van der Waals surface area contributed by atoms with Crippen LogP contribution in [0.3, 0.4) is 0 Å². The van der Waals surface area contributed by atoms with Crippen LogP contribution in [-0.4, -0.2) is 7.11 Å². The van der Waals surface area contributed by atoms with Gasteiger partial charge in [-0.25, -0.2) is 4.57 Å². The number of rotatable bonds is 4. The van der Waals surface area contributed by atoms with E-state index >= 15 is 0 Å². The molecule has 22 heavy (non-hydrogen) atoms. The summed E-state index contributed by atoms with van der Waals surface area (Å²) in [6, 6.07) is 20.2. The Balaban J connectivity index is 1.92. The van der Waals surface area contributed by atoms with Gasteiger partial charge in [0.2, 0.25) is 0 Å². The summed E-state index contributed by atoms with van der Waals surface area (Å²) >= 11 is 6.10. The van der Waals surface area contributed by atoms with Crippen molar-refractivity contribution in [3.8, 4) is 16.9 Å². The summed E-state index contributed by atoms with van der Waals surface area (Å²) in [5.41, 5.74) is 3.45. The zero-order chi connectivity index (χ0) is 15.4. The Hall–Kier alpha value is -2.32. The van der Waals surface area contributed by atoms with Crippen LogP contribution in [0.15, 0.2) is 73.1 Å². The van der Waals surface area contributed by atoms with Crippen molar-refractivity contribution in [1.82, 2.24) is 0 Å². The minimum Gasteiger partial charge on any atom is -0.496 e. The molecule has 0 atom stereocenters. The molecule has 110 valence electrons. The summed E-state index contributed by atoms with van der Waals surface area (Å²) in [6.07, 6.45) is 4.18. The molecule has 3 rings (SSSR count). The molecule has 0 radical (unpaired) electrons. The van der Waals surface area contributed by atoms with Gasteiger partial charge >= 0.3 is 0 Å². The zero-order valence-corrected chi connectivity index (χ0v) is 13.1. The van der Waals surface area contributed by atoms with Gasteiger partial charge < -0.3 is 4.74 Å². The van der Waals surface area contributed by atoms with Gasteiger partial charge in [0.1, 0.15) is 5.75 Å². The molecule has 0 aliphatic heterocycles. The van der Waals surface area contributed by atoms with E-state index in [4.69, 9.17) is 16.3 Å². The van der Waals surface area contributed by atoms with Crippen molar-refractivity contribution in [2.75, 3.05) is 7.11 Å². The quantitative estimate of drug-likeness (QED) is 0.653. The standard InChI is InChI=1S/C19H17ClNO/c1-22-19-10-9-18(20)12-17(19)14-21-11-5-8-16(13-21)15-6-3-2-4-7-15/h2-13H,14H2,1H3/q+1. The normalized spacial score (nSPS) is 10.5. The number of nitrogens with zero attached hydrogens (tertiary/aromatic N) is 1. The summed E-state index contributed by atoms with van der Waals surface area (Å²) in [5.74, 6) is 0.849. The molecule has 0 saturated heterocycles. The first kappa shape index (κ1) is 14.6. The monoisotopic (exact) mass is 310 g/mol. The smallest absolute Gasteiger partial charge is 0.177 e. The van der Waals surface area contributed by atoms with Gasteiger partial charge in [-0.05, 0) is 29.8 Å². The molecule has 0 bridgehead atoms. The fraction of sp³-hybridized carbons (Fsp3) is 0.105. The predicted molar refractivity (Wildman–Crippen MR) is 89.2 cm³/mol. The molecule has 0 fully saturated rings. The van der Waals surface area contributed by atoms with Crippen LogP contribution in [-0.2, 0) is 6.54 Å². The Morgan fingerprint density at radius 2 is 1.73 bits per heavy atom. The number of hydrogen-bond acceptors (Lipinski definition) is 1. The molecule has 1 heterocycles. The summed E-state index contributed by atoms with van der Waals surface area (Å²) in [7, 11) is 1.68. The third kappa shape index (κ3) is 3.29. The second-order valence-corrected chi connectivity index (χ2v) is 5.52. The summed E-state index contributed by atoms with van der Waals surface area (Å²) < 4.78 is 7.55. The number of benzene rings is 2. The van der Waals surface area contributed by atoms with Crippen molar-refractivity contribution in [2.24, 2.45) is 0 Å². The van der Waals surface area contributed by atoms with Crippen molar-refractivity contribution in [2.45, 2.75) is 6.54 Å². The minimum atomic E-state index is 0.713. The SMILES string of the molecule is COc1ccc(Cl)cc1C[n+]1cccc(-c2ccccc2)c1. The predicted octanol–water partition coefficient (Wildman–Crippen LogP) is 4.35. The van der Waals surface area contributed by atoms with E-state index in [9.17, 15) is 0 Å². The molecule has 1 aromatic heterocycles. The summed E-state index contributed by atoms with van der Waals surface area (Å²) in [5, 5.41) is 0.718. The van der Waals surface area contributed by atoms with Gasteiger partial charge in [0.15, 0.2) is 18.9 Å². The maximum absolute atomic E-state index is 6.10. The van der Waals surface area contributed by atoms with Crippen LogP contribution in [0.2, 0.25) is 5.02 Å². The average Bonchev–Trinajstić information content (AvgIpc) is 2.56. The Bertz CT molecular complexity index is 771. The van der Waals surface area contributed by atoms with Crippen molar-refractivity contribution in [3.05, 3.63) is 83.6 Å². The second-order valence-electron chi connectivity index (χ2n) is 5.09. The van der Waals surface area contributed by atoms with Crippen LogP contribution in [0.25, 0.3) is 11.1 Å². The number of hydrogen-bond donors (Lipinski definition) is 0. The Morgan fingerprint density at radius 1 is 0.955 bits per heavy atom. The number of aromatic nitrogens is 1. The van der Waals surface area contributed by atoms with Crippen LogP contribution in [0.5, 0.6) is 5.75 Å². The first-order chi connectivity index (χ1) is 10.8. The average molecular weight is 311 g/mol. The molecule has 0 unspecified atom stereocenters. The first-order valence-electron chi connectivity index (χ1n) is 7.13. The molecule has 0 aliphatic rings. The second kappa shape index (κ2) is 6.63. The Kier molecular flexibility index (Phi) is 4.40. The van der Waals surface area contributed by atoms with Crippen molar-refractivity contribution in [3.63, 3.8) is 0 Å². The number of halogens is 1. The third-order valence-electron chi connectivity index (χ3n) is 3.56. The van der Waals surface area contributed by atoms with Crippen LogP contribution in [0, 0.1) is 0 Å². The minimum absolute atomic E-state index is 0.713. The van der Waals surface area contributed by atoms with E-state index in [1.165, 1.54) is 11.1 Å². The molecular weight excluding hydrogens is 294 g/mol. The van der Waals surface area contributed by atoms with Gasteiger partial charge in [-0.3, -0.25) is 0 Å². The van der Waals surface area contributed by atoms with Gasteiger partial charge in [0, 0.05) is 16.7 Å². The van der Waals surface area contributed by atoms with Crippen molar-refractivity contribution in [1.29, 1.82) is 0 Å². The Morgan fingerprint density at radius 3 is 2.50 bits per heavy atom. The van der Waals surface area contributed by atoms with Gasteiger partial charge in [0.25, 0.3) is 0 Å². The van der Waals surface area contributed by atoms with E-state index in [0.717, 1.165) is 16.3 Å². The van der Waals surface area contributed by atoms with E-state index in [1.807, 2.05) is 42.6 Å².